The van der Waals surface area contributed by atoms with Crippen molar-refractivity contribution >= 4 is 62.9 Å². The average Bonchev–Trinajstić information content (AvgIpc) is 3.19. The second-order valence-corrected chi connectivity index (χ2v) is 20.2. The van der Waals surface area contributed by atoms with Gasteiger partial charge in [0.25, 0.3) is 0 Å². The predicted molar refractivity (Wildman–Crippen MR) is 239 cm³/mol. The van der Waals surface area contributed by atoms with E-state index in [1.807, 2.05) is 0 Å². The largest absolute Gasteiger partial charge is 4.00 e. The molecule has 11 heteroatoms. The number of anilines is 6. The van der Waals surface area contributed by atoms with Crippen LogP contribution in [0.3, 0.4) is 0 Å². The molecule has 4 aromatic rings. The summed E-state index contributed by atoms with van der Waals surface area (Å²) in [4.78, 5) is 14.3. The van der Waals surface area contributed by atoms with Crippen molar-refractivity contribution in [3.8, 4) is 0 Å². The molecule has 0 aromatic heterocycles. The fourth-order valence-corrected chi connectivity index (χ4v) is 16.9. The first-order valence-corrected chi connectivity index (χ1v) is 20.7. The summed E-state index contributed by atoms with van der Waals surface area (Å²) < 4.78 is 0. The number of aryl methyl sites for hydroxylation is 6. The summed E-state index contributed by atoms with van der Waals surface area (Å²) in [5.41, 5.74) is 21.4. The van der Waals surface area contributed by atoms with Crippen molar-refractivity contribution in [1.82, 2.24) is 0 Å². The summed E-state index contributed by atoms with van der Waals surface area (Å²) in [6.45, 7) is 23.5. The van der Waals surface area contributed by atoms with E-state index in [-0.39, 0.29) is 58.9 Å². The number of benzene rings is 3. The molecule has 308 valence electrons. The van der Waals surface area contributed by atoms with Gasteiger partial charge in [-0.15, -0.1) is 0 Å². The van der Waals surface area contributed by atoms with Crippen LogP contribution in [0, 0.1) is 69.2 Å². The van der Waals surface area contributed by atoms with Gasteiger partial charge in [0.2, 0.25) is 0 Å². The molecule has 0 fully saturated rings. The predicted octanol–water partition coefficient (Wildman–Crippen LogP) is -2.73. The van der Waals surface area contributed by atoms with Gasteiger partial charge in [0.1, 0.15) is 0 Å². The van der Waals surface area contributed by atoms with Gasteiger partial charge in [-0.3, -0.25) is 0 Å². The zero-order chi connectivity index (χ0) is 39.6. The monoisotopic (exact) mass is 874 g/mol. The van der Waals surface area contributed by atoms with E-state index in [4.69, 9.17) is 0 Å². The first kappa shape index (κ1) is 53.6. The van der Waals surface area contributed by atoms with E-state index in [1.165, 1.54) is 111 Å². The summed E-state index contributed by atoms with van der Waals surface area (Å²) in [6, 6.07) is 7.43. The molecule has 0 saturated carbocycles. The van der Waals surface area contributed by atoms with Crippen molar-refractivity contribution < 1.29 is 58.9 Å². The van der Waals surface area contributed by atoms with Crippen LogP contribution in [0.15, 0.2) is 18.2 Å². The van der Waals surface area contributed by atoms with Crippen molar-refractivity contribution in [3.05, 3.63) is 73.8 Å². The third kappa shape index (κ3) is 8.38. The Morgan fingerprint density at radius 3 is 0.786 bits per heavy atom. The minimum absolute atomic E-state index is 0. The molecular weight excluding hydrogens is 807 g/mol. The second kappa shape index (κ2) is 19.6. The van der Waals surface area contributed by atoms with Crippen LogP contribution >= 0.6 is 0 Å². The van der Waals surface area contributed by atoms with Crippen LogP contribution in [0.4, 0.5) is 34.1 Å². The summed E-state index contributed by atoms with van der Waals surface area (Å²) in [7, 11) is 23.4. The van der Waals surface area contributed by atoms with Crippen LogP contribution < -0.4 is 87.4 Å². The first-order chi connectivity index (χ1) is 24.0. The van der Waals surface area contributed by atoms with E-state index in [2.05, 4.69) is 201 Å². The van der Waals surface area contributed by atoms with Crippen molar-refractivity contribution in [1.29, 1.82) is 0 Å². The third-order valence-electron chi connectivity index (χ3n) is 11.6. The molecule has 0 aliphatic heterocycles. The Labute approximate surface area is 376 Å². The number of nitrogens with zero attached hydrogens (tertiary/aromatic N) is 6. The minimum atomic E-state index is -3.36. The molecule has 56 heavy (non-hydrogen) atoms. The standard InChI is InChI=1S/C45H69N6Si.3ClH.Ti/c1-26-23-29(4)42(39(49(17)18)36(26)46(11)12)52(45-34(9)32(7)33(8)35(45)10,43-30(5)24-27(2)37(47(13)14)40(43)50(19)20)44-31(6)25-28(3)38(48(15)16)41(44)51(21)22;;;;/h23-25H,1-22H3;3*1H;/q-1;;;;+4/p-3. The normalized spacial score (nSPS) is 10.8. The fourth-order valence-electron chi connectivity index (χ4n) is 9.82. The Hall–Kier alpha value is -2.39. The average molecular weight is 876 g/mol. The van der Waals surface area contributed by atoms with E-state index in [0.29, 0.717) is 0 Å². The van der Waals surface area contributed by atoms with Crippen molar-refractivity contribution in [2.45, 2.75) is 69.2 Å². The second-order valence-electron chi connectivity index (χ2n) is 16.7. The van der Waals surface area contributed by atoms with Crippen LogP contribution in [0.5, 0.6) is 0 Å². The van der Waals surface area contributed by atoms with Gasteiger partial charge in [-0.05, 0) is 90.5 Å². The molecule has 0 saturated heterocycles. The number of hydrogen-bond donors (Lipinski definition) is 0. The van der Waals surface area contributed by atoms with E-state index in [1.54, 1.807) is 0 Å². The van der Waals surface area contributed by atoms with Crippen LogP contribution in [-0.2, 0) is 21.7 Å². The molecule has 0 N–H and O–H groups in total. The van der Waals surface area contributed by atoms with Crippen molar-refractivity contribution in [2.75, 3.05) is 114 Å². The Morgan fingerprint density at radius 1 is 0.375 bits per heavy atom. The van der Waals surface area contributed by atoms with Gasteiger partial charge >= 0.3 is 21.7 Å². The molecule has 0 spiro atoms. The van der Waals surface area contributed by atoms with Crippen LogP contribution in [0.25, 0.3) is 0 Å². The van der Waals surface area contributed by atoms with Crippen LogP contribution in [0.1, 0.15) is 55.6 Å². The Morgan fingerprint density at radius 2 is 0.607 bits per heavy atom. The molecule has 6 nitrogen and oxygen atoms in total. The van der Waals surface area contributed by atoms with Crippen LogP contribution in [0.2, 0.25) is 0 Å². The van der Waals surface area contributed by atoms with Gasteiger partial charge < -0.3 is 66.6 Å². The molecule has 0 unspecified atom stereocenters. The smallest absolute Gasteiger partial charge is 1.00 e. The van der Waals surface area contributed by atoms with Gasteiger partial charge in [0.15, 0.2) is 8.07 Å². The fraction of sp³-hybridized carbons (Fsp3) is 0.489. The molecule has 0 amide bonds. The maximum Gasteiger partial charge on any atom is 4.00 e. The van der Waals surface area contributed by atoms with Gasteiger partial charge in [-0.2, -0.15) is 27.4 Å². The van der Waals surface area contributed by atoms with Crippen LogP contribution in [-0.4, -0.2) is 92.6 Å². The molecule has 0 atom stereocenters. The molecule has 0 aliphatic rings. The number of hydrogen-bond acceptors (Lipinski definition) is 6. The zero-order valence-electron chi connectivity index (χ0n) is 38.5. The first-order valence-electron chi connectivity index (χ1n) is 18.7. The van der Waals surface area contributed by atoms with E-state index >= 15 is 0 Å². The summed E-state index contributed by atoms with van der Waals surface area (Å²) in [5, 5.41) is 5.95. The SMILES string of the molecule is Cc1cc(C)c([Si](c2c(C)cc(C)c(N(C)C)c2N(C)C)(c2c(C)cc(C)c(N(C)C)c2N(C)C)c2c(C)c(C)c(C)[c-]2C)c(N(C)C)c1N(C)C.[Cl-].[Cl-].[Cl-].[Ti+4]. The number of rotatable bonds is 10. The van der Waals surface area contributed by atoms with Gasteiger partial charge in [0.05, 0.1) is 34.1 Å². The molecule has 0 bridgehead atoms. The quantitative estimate of drug-likeness (QED) is 0.0975. The zero-order valence-corrected chi connectivity index (χ0v) is 43.4. The van der Waals surface area contributed by atoms with Gasteiger partial charge in [-0.25, -0.2) is 0 Å². The topological polar surface area (TPSA) is 19.4 Å². The Kier molecular flexibility index (Phi) is 18.7. The summed E-state index contributed by atoms with van der Waals surface area (Å²) in [6.07, 6.45) is 0. The molecular formula is C45H69Cl3N6SiTi. The van der Waals surface area contributed by atoms with Gasteiger partial charge in [0, 0.05) is 84.6 Å². The molecule has 0 radical (unpaired) electrons. The van der Waals surface area contributed by atoms with E-state index < -0.39 is 8.07 Å². The molecule has 4 aromatic carbocycles. The van der Waals surface area contributed by atoms with Gasteiger partial charge in [-0.1, -0.05) is 45.9 Å². The Bertz CT molecular complexity index is 1820. The summed E-state index contributed by atoms with van der Waals surface area (Å²) in [5.74, 6) is 0. The number of halogens is 3. The van der Waals surface area contributed by atoms with Crippen molar-refractivity contribution in [3.63, 3.8) is 0 Å². The van der Waals surface area contributed by atoms with Crippen molar-refractivity contribution in [2.24, 2.45) is 0 Å². The maximum absolute atomic E-state index is 3.36. The summed E-state index contributed by atoms with van der Waals surface area (Å²) >= 11 is 0. The third-order valence-corrected chi connectivity index (χ3v) is 17.3. The minimum Gasteiger partial charge on any atom is -1.00 e. The molecule has 4 rings (SSSR count). The Balaban J connectivity index is 0.00000756. The molecule has 0 heterocycles. The van der Waals surface area contributed by atoms with E-state index in [0.717, 1.165) is 0 Å². The molecule has 0 aliphatic carbocycles. The van der Waals surface area contributed by atoms with E-state index in [9.17, 15) is 0 Å². The maximum atomic E-state index is 2.48.